The maximum atomic E-state index is 10.1. The predicted octanol–water partition coefficient (Wildman–Crippen LogP) is 2.04. The molecule has 94 valence electrons. The lowest BCUT2D eigenvalue weighted by molar-refractivity contribution is 0.0731. The molecule has 0 aliphatic heterocycles. The van der Waals surface area contributed by atoms with Crippen LogP contribution in [-0.4, -0.2) is 34.9 Å². The van der Waals surface area contributed by atoms with Crippen LogP contribution in [-0.2, 0) is 18.1 Å². The van der Waals surface area contributed by atoms with E-state index in [-0.39, 0.29) is 0 Å². The van der Waals surface area contributed by atoms with Gasteiger partial charge in [0.1, 0.15) is 0 Å². The molecule has 1 aliphatic carbocycles. The summed E-state index contributed by atoms with van der Waals surface area (Å²) >= 11 is 0. The Labute approximate surface area is 98.3 Å². The molecular weight excluding hydrogens is 226 g/mol. The van der Waals surface area contributed by atoms with Crippen LogP contribution < -0.4 is 0 Å². The summed E-state index contributed by atoms with van der Waals surface area (Å²) in [6, 6.07) is 0. The van der Waals surface area contributed by atoms with Gasteiger partial charge in [0.2, 0.25) is 6.08 Å². The van der Waals surface area contributed by atoms with E-state index in [1.807, 2.05) is 0 Å². The van der Waals surface area contributed by atoms with Crippen LogP contribution in [0, 0.1) is 0 Å². The molecule has 0 aromatic rings. The van der Waals surface area contributed by atoms with Gasteiger partial charge in [-0.25, -0.2) is 4.79 Å². The molecule has 5 nitrogen and oxygen atoms in total. The van der Waals surface area contributed by atoms with E-state index >= 15 is 0 Å². The summed E-state index contributed by atoms with van der Waals surface area (Å²) in [7, 11) is -3.09. The summed E-state index contributed by atoms with van der Waals surface area (Å²) < 4.78 is 19.1. The van der Waals surface area contributed by atoms with Crippen molar-refractivity contribution >= 4 is 15.0 Å². The van der Waals surface area contributed by atoms with E-state index in [1.165, 1.54) is 25.3 Å². The van der Waals surface area contributed by atoms with Gasteiger partial charge in [0, 0.05) is 19.8 Å². The predicted molar refractivity (Wildman–Crippen MR) is 62.6 cm³/mol. The van der Waals surface area contributed by atoms with Gasteiger partial charge in [-0.05, 0) is 20.8 Å². The van der Waals surface area contributed by atoms with Crippen LogP contribution in [0.4, 0.5) is 0 Å². The van der Waals surface area contributed by atoms with Gasteiger partial charge in [-0.2, -0.15) is 4.66 Å². The quantitative estimate of drug-likeness (QED) is 0.392. The molecule has 0 N–H and O–H groups in total. The van der Waals surface area contributed by atoms with Crippen LogP contribution in [0.5, 0.6) is 0 Å². The Balaban J connectivity index is 0.000000635. The maximum Gasteiger partial charge on any atom is 0.663 e. The smallest absolute Gasteiger partial charge is 0.355 e. The van der Waals surface area contributed by atoms with Crippen molar-refractivity contribution in [2.75, 3.05) is 19.8 Å². The lowest BCUT2D eigenvalue weighted by Crippen LogP contribution is -2.44. The van der Waals surface area contributed by atoms with Crippen LogP contribution in [0.1, 0.15) is 40.0 Å². The zero-order valence-corrected chi connectivity index (χ0v) is 11.3. The normalized spacial score (nSPS) is 13.4. The third kappa shape index (κ3) is 7.73. The SMILES string of the molecule is C1CC1.CCO[Si](N=C=O)(OCC)OCC. The van der Waals surface area contributed by atoms with Crippen LogP contribution >= 0.6 is 0 Å². The highest BCUT2D eigenvalue weighted by molar-refractivity contribution is 6.59. The number of nitrogens with zero attached hydrogens (tertiary/aromatic N) is 1. The molecule has 1 fully saturated rings. The van der Waals surface area contributed by atoms with Crippen molar-refractivity contribution in [3.05, 3.63) is 0 Å². The fraction of sp³-hybridized carbons (Fsp3) is 0.900. The van der Waals surface area contributed by atoms with Crippen molar-refractivity contribution in [3.8, 4) is 0 Å². The van der Waals surface area contributed by atoms with E-state index in [0.717, 1.165) is 0 Å². The van der Waals surface area contributed by atoms with Gasteiger partial charge in [0.25, 0.3) is 0 Å². The van der Waals surface area contributed by atoms with E-state index in [0.29, 0.717) is 19.8 Å². The van der Waals surface area contributed by atoms with Gasteiger partial charge < -0.3 is 13.3 Å². The van der Waals surface area contributed by atoms with Gasteiger partial charge in [0.05, 0.1) is 0 Å². The number of hydrogen-bond acceptors (Lipinski definition) is 5. The van der Waals surface area contributed by atoms with Crippen LogP contribution in [0.15, 0.2) is 4.66 Å². The molecule has 0 unspecified atom stereocenters. The zero-order chi connectivity index (χ0) is 12.3. The molecule has 1 saturated carbocycles. The summed E-state index contributed by atoms with van der Waals surface area (Å²) in [6.07, 6.45) is 5.92. The lowest BCUT2D eigenvalue weighted by atomic mass is 10.9. The average Bonchev–Trinajstić information content (AvgIpc) is 3.06. The summed E-state index contributed by atoms with van der Waals surface area (Å²) in [5.41, 5.74) is 0. The Bertz CT molecular complexity index is 197. The second-order valence-electron chi connectivity index (χ2n) is 3.09. The molecule has 0 atom stereocenters. The zero-order valence-electron chi connectivity index (χ0n) is 10.3. The third-order valence-corrected chi connectivity index (χ3v) is 3.84. The Morgan fingerprint density at radius 2 is 1.38 bits per heavy atom. The first kappa shape index (κ1) is 15.5. The minimum Gasteiger partial charge on any atom is -0.355 e. The molecule has 0 spiro atoms. The topological polar surface area (TPSA) is 57.1 Å². The van der Waals surface area contributed by atoms with Crippen molar-refractivity contribution in [2.24, 2.45) is 4.66 Å². The minimum atomic E-state index is -3.09. The minimum absolute atomic E-state index is 0.400. The Morgan fingerprint density at radius 3 is 1.56 bits per heavy atom. The molecule has 0 bridgehead atoms. The van der Waals surface area contributed by atoms with Gasteiger partial charge in [0.15, 0.2) is 0 Å². The highest BCUT2D eigenvalue weighted by Gasteiger charge is 2.42. The molecule has 16 heavy (non-hydrogen) atoms. The largest absolute Gasteiger partial charge is 0.663 e. The first-order valence-electron chi connectivity index (χ1n) is 5.75. The highest BCUT2D eigenvalue weighted by Crippen LogP contribution is 2.14. The lowest BCUT2D eigenvalue weighted by Gasteiger charge is -2.21. The van der Waals surface area contributed by atoms with Crippen molar-refractivity contribution in [1.82, 2.24) is 0 Å². The van der Waals surface area contributed by atoms with Gasteiger partial charge in [-0.15, -0.1) is 0 Å². The van der Waals surface area contributed by atoms with E-state index in [2.05, 4.69) is 4.66 Å². The Morgan fingerprint density at radius 1 is 1.00 bits per heavy atom. The van der Waals surface area contributed by atoms with Crippen molar-refractivity contribution in [3.63, 3.8) is 0 Å². The maximum absolute atomic E-state index is 10.1. The molecule has 0 radical (unpaired) electrons. The summed E-state index contributed by atoms with van der Waals surface area (Å²) in [5.74, 6) is 0. The Kier molecular flexibility index (Phi) is 9.37. The second-order valence-corrected chi connectivity index (χ2v) is 5.22. The Hall–Kier alpha value is -0.523. The number of carbonyl (C=O) groups excluding carboxylic acids is 1. The summed E-state index contributed by atoms with van der Waals surface area (Å²) in [6.45, 7) is 6.58. The number of hydrogen-bond donors (Lipinski definition) is 0. The number of isocyanates is 1. The molecule has 1 rings (SSSR count). The van der Waals surface area contributed by atoms with Crippen molar-refractivity contribution < 1.29 is 18.1 Å². The van der Waals surface area contributed by atoms with Gasteiger partial charge >= 0.3 is 8.97 Å². The molecule has 0 amide bonds. The van der Waals surface area contributed by atoms with Crippen LogP contribution in [0.2, 0.25) is 0 Å². The molecule has 0 heterocycles. The van der Waals surface area contributed by atoms with Crippen molar-refractivity contribution in [1.29, 1.82) is 0 Å². The molecular formula is C10H21NO4Si. The van der Waals surface area contributed by atoms with E-state index in [1.54, 1.807) is 20.8 Å². The third-order valence-electron chi connectivity index (χ3n) is 1.52. The highest BCUT2D eigenvalue weighted by atomic mass is 28.4. The summed E-state index contributed by atoms with van der Waals surface area (Å²) in [4.78, 5) is 10.1. The molecule has 1 aliphatic rings. The second kappa shape index (κ2) is 9.69. The number of rotatable bonds is 7. The van der Waals surface area contributed by atoms with Crippen LogP contribution in [0.25, 0.3) is 0 Å². The standard InChI is InChI=1S/C7H15NO4Si.C3H6/c1-4-10-13(8-7-9,11-5-2)12-6-3;1-2-3-1/h4-6H2,1-3H3;1-3H2. The van der Waals surface area contributed by atoms with E-state index < -0.39 is 8.97 Å². The van der Waals surface area contributed by atoms with E-state index in [9.17, 15) is 4.79 Å². The molecule has 6 heteroatoms. The van der Waals surface area contributed by atoms with Crippen molar-refractivity contribution in [2.45, 2.75) is 40.0 Å². The molecule has 0 saturated heterocycles. The fourth-order valence-electron chi connectivity index (χ4n) is 0.825. The first-order valence-corrected chi connectivity index (χ1v) is 7.42. The molecule has 0 aromatic carbocycles. The van der Waals surface area contributed by atoms with Gasteiger partial charge in [-0.3, -0.25) is 0 Å². The van der Waals surface area contributed by atoms with E-state index in [4.69, 9.17) is 13.3 Å². The first-order chi connectivity index (χ1) is 7.74. The van der Waals surface area contributed by atoms with Gasteiger partial charge in [-0.1, -0.05) is 19.3 Å². The monoisotopic (exact) mass is 247 g/mol. The molecule has 0 aromatic heterocycles. The van der Waals surface area contributed by atoms with Crippen LogP contribution in [0.3, 0.4) is 0 Å². The summed E-state index contributed by atoms with van der Waals surface area (Å²) in [5, 5.41) is 0. The average molecular weight is 247 g/mol. The fourth-order valence-corrected chi connectivity index (χ4v) is 2.47.